The number of fused-ring (bicyclic) bond motifs is 1. The van der Waals surface area contributed by atoms with Gasteiger partial charge in [0.25, 0.3) is 0 Å². The second-order valence-electron chi connectivity index (χ2n) is 7.71. The molecule has 1 saturated carbocycles. The van der Waals surface area contributed by atoms with E-state index in [1.165, 1.54) is 12.8 Å². The molecule has 1 fully saturated rings. The Morgan fingerprint density at radius 2 is 2.12 bits per heavy atom. The van der Waals surface area contributed by atoms with E-state index in [2.05, 4.69) is 40.7 Å². The number of amides is 2. The molecule has 1 aliphatic heterocycles. The van der Waals surface area contributed by atoms with Gasteiger partial charge in [0.2, 0.25) is 0 Å². The fraction of sp³-hybridized carbons (Fsp3) is 0.778. The molecule has 0 aromatic carbocycles. The maximum Gasteiger partial charge on any atom is 0.318 e. The maximum atomic E-state index is 12.8. The number of aromatic nitrogens is 2. The largest absolute Gasteiger partial charge is 0.335 e. The molecule has 3 rings (SSSR count). The molecule has 6 nitrogen and oxygen atoms in total. The van der Waals surface area contributed by atoms with Crippen molar-refractivity contribution in [2.75, 3.05) is 20.1 Å². The quantitative estimate of drug-likeness (QED) is 0.920. The third-order valence-corrected chi connectivity index (χ3v) is 5.47. The summed E-state index contributed by atoms with van der Waals surface area (Å²) in [4.78, 5) is 21.5. The normalized spacial score (nSPS) is 22.0. The van der Waals surface area contributed by atoms with Crippen molar-refractivity contribution in [3.05, 3.63) is 18.2 Å². The van der Waals surface area contributed by atoms with Crippen molar-refractivity contribution >= 4 is 6.03 Å². The van der Waals surface area contributed by atoms with Crippen molar-refractivity contribution < 1.29 is 4.79 Å². The van der Waals surface area contributed by atoms with Gasteiger partial charge in [0.15, 0.2) is 0 Å². The van der Waals surface area contributed by atoms with Crippen molar-refractivity contribution in [2.45, 2.75) is 64.7 Å². The summed E-state index contributed by atoms with van der Waals surface area (Å²) in [6, 6.07) is 0.948. The van der Waals surface area contributed by atoms with Crippen LogP contribution in [0.15, 0.2) is 12.4 Å². The zero-order chi connectivity index (χ0) is 17.1. The van der Waals surface area contributed by atoms with E-state index in [0.717, 1.165) is 38.3 Å². The van der Waals surface area contributed by atoms with Crippen molar-refractivity contribution in [3.8, 4) is 0 Å². The predicted octanol–water partition coefficient (Wildman–Crippen LogP) is 2.31. The summed E-state index contributed by atoms with van der Waals surface area (Å²) in [5, 5.41) is 3.23. The maximum absolute atomic E-state index is 12.8. The van der Waals surface area contributed by atoms with Gasteiger partial charge in [0, 0.05) is 50.0 Å². The molecule has 1 aromatic heterocycles. The SMILES string of the molecule is CC(C)N(C)C[C@@H]1CN(C(=O)NC2CCCC2)Cc2nccn2C1. The number of imidazole rings is 1. The monoisotopic (exact) mass is 333 g/mol. The fourth-order valence-electron chi connectivity index (χ4n) is 3.77. The predicted molar refractivity (Wildman–Crippen MR) is 94.7 cm³/mol. The molecule has 1 N–H and O–H groups in total. The zero-order valence-corrected chi connectivity index (χ0v) is 15.2. The second kappa shape index (κ2) is 7.55. The summed E-state index contributed by atoms with van der Waals surface area (Å²) in [5.41, 5.74) is 0. The number of hydrogen-bond donors (Lipinski definition) is 1. The molecule has 1 aliphatic carbocycles. The first-order chi connectivity index (χ1) is 11.5. The lowest BCUT2D eigenvalue weighted by atomic mass is 10.1. The number of nitrogens with one attached hydrogen (secondary N) is 1. The molecular weight excluding hydrogens is 302 g/mol. The third kappa shape index (κ3) is 4.09. The van der Waals surface area contributed by atoms with Crippen molar-refractivity contribution in [1.82, 2.24) is 24.7 Å². The van der Waals surface area contributed by atoms with Crippen LogP contribution in [0.25, 0.3) is 0 Å². The van der Waals surface area contributed by atoms with E-state index < -0.39 is 0 Å². The van der Waals surface area contributed by atoms with Crippen molar-refractivity contribution in [1.29, 1.82) is 0 Å². The molecule has 24 heavy (non-hydrogen) atoms. The van der Waals surface area contributed by atoms with Gasteiger partial charge in [-0.1, -0.05) is 12.8 Å². The second-order valence-corrected chi connectivity index (χ2v) is 7.71. The molecule has 134 valence electrons. The minimum absolute atomic E-state index is 0.0792. The summed E-state index contributed by atoms with van der Waals surface area (Å²) >= 11 is 0. The van der Waals surface area contributed by atoms with Crippen LogP contribution in [0.2, 0.25) is 0 Å². The standard InChI is InChI=1S/C18H31N5O/c1-14(2)21(3)10-15-11-22-9-8-19-17(22)13-23(12-15)18(24)20-16-6-4-5-7-16/h8-9,14-16H,4-7,10-13H2,1-3H3,(H,20,24)/t15-/m0/s1. The Morgan fingerprint density at radius 3 is 2.83 bits per heavy atom. The minimum atomic E-state index is 0.0792. The van der Waals surface area contributed by atoms with Crippen LogP contribution in [0.3, 0.4) is 0 Å². The third-order valence-electron chi connectivity index (χ3n) is 5.47. The van der Waals surface area contributed by atoms with Crippen LogP contribution < -0.4 is 5.32 Å². The van der Waals surface area contributed by atoms with Crippen LogP contribution in [-0.2, 0) is 13.1 Å². The smallest absolute Gasteiger partial charge is 0.318 e. The van der Waals surface area contributed by atoms with Gasteiger partial charge >= 0.3 is 6.03 Å². The van der Waals surface area contributed by atoms with Crippen LogP contribution in [0.4, 0.5) is 4.79 Å². The summed E-state index contributed by atoms with van der Waals surface area (Å²) in [6.07, 6.45) is 8.59. The Labute approximate surface area is 145 Å². The molecule has 0 unspecified atom stereocenters. The van der Waals surface area contributed by atoms with Crippen LogP contribution >= 0.6 is 0 Å². The average Bonchev–Trinajstić information content (AvgIpc) is 3.16. The van der Waals surface area contributed by atoms with Crippen molar-refractivity contribution in [2.24, 2.45) is 5.92 Å². The van der Waals surface area contributed by atoms with E-state index in [1.54, 1.807) is 0 Å². The average molecular weight is 333 g/mol. The Morgan fingerprint density at radius 1 is 1.38 bits per heavy atom. The lowest BCUT2D eigenvalue weighted by Crippen LogP contribution is -2.46. The molecule has 0 radical (unpaired) electrons. The summed E-state index contributed by atoms with van der Waals surface area (Å²) in [7, 11) is 2.16. The molecule has 2 aliphatic rings. The minimum Gasteiger partial charge on any atom is -0.335 e. The molecule has 2 heterocycles. The van der Waals surface area contributed by atoms with Gasteiger partial charge in [-0.05, 0) is 33.7 Å². The number of hydrogen-bond acceptors (Lipinski definition) is 3. The molecule has 1 aromatic rings. The Balaban J connectivity index is 1.69. The first kappa shape index (κ1) is 17.3. The van der Waals surface area contributed by atoms with Gasteiger partial charge < -0.3 is 19.7 Å². The first-order valence-electron chi connectivity index (χ1n) is 9.28. The molecule has 0 bridgehead atoms. The fourth-order valence-corrected chi connectivity index (χ4v) is 3.77. The lowest BCUT2D eigenvalue weighted by Gasteiger charge is -2.30. The highest BCUT2D eigenvalue weighted by Crippen LogP contribution is 2.20. The number of urea groups is 1. The summed E-state index contributed by atoms with van der Waals surface area (Å²) < 4.78 is 2.21. The highest BCUT2D eigenvalue weighted by atomic mass is 16.2. The van der Waals surface area contributed by atoms with Crippen LogP contribution in [-0.4, -0.2) is 57.6 Å². The molecule has 0 spiro atoms. The number of nitrogens with zero attached hydrogens (tertiary/aromatic N) is 4. The van der Waals surface area contributed by atoms with E-state index in [1.807, 2.05) is 17.3 Å². The first-order valence-corrected chi connectivity index (χ1v) is 9.28. The summed E-state index contributed by atoms with van der Waals surface area (Å²) in [5.74, 6) is 1.41. The Hall–Kier alpha value is -1.56. The van der Waals surface area contributed by atoms with E-state index >= 15 is 0 Å². The van der Waals surface area contributed by atoms with Crippen LogP contribution in [0, 0.1) is 5.92 Å². The van der Waals surface area contributed by atoms with E-state index in [0.29, 0.717) is 24.5 Å². The Bertz CT molecular complexity index is 549. The van der Waals surface area contributed by atoms with Gasteiger partial charge in [0.1, 0.15) is 5.82 Å². The zero-order valence-electron chi connectivity index (χ0n) is 15.2. The topological polar surface area (TPSA) is 53.4 Å². The van der Waals surface area contributed by atoms with E-state index in [-0.39, 0.29) is 6.03 Å². The number of carbonyl (C=O) groups excluding carboxylic acids is 1. The van der Waals surface area contributed by atoms with Crippen molar-refractivity contribution in [3.63, 3.8) is 0 Å². The van der Waals surface area contributed by atoms with Gasteiger partial charge in [-0.15, -0.1) is 0 Å². The number of carbonyl (C=O) groups is 1. The van der Waals surface area contributed by atoms with Gasteiger partial charge in [0.05, 0.1) is 6.54 Å². The van der Waals surface area contributed by atoms with Gasteiger partial charge in [-0.2, -0.15) is 0 Å². The van der Waals surface area contributed by atoms with Crippen LogP contribution in [0.5, 0.6) is 0 Å². The Kier molecular flexibility index (Phi) is 5.43. The molecule has 6 heteroatoms. The van der Waals surface area contributed by atoms with E-state index in [9.17, 15) is 4.79 Å². The van der Waals surface area contributed by atoms with Gasteiger partial charge in [-0.25, -0.2) is 9.78 Å². The van der Waals surface area contributed by atoms with Crippen LogP contribution in [0.1, 0.15) is 45.4 Å². The molecule has 1 atom stereocenters. The van der Waals surface area contributed by atoms with Gasteiger partial charge in [-0.3, -0.25) is 0 Å². The van der Waals surface area contributed by atoms with E-state index in [4.69, 9.17) is 0 Å². The molecule has 2 amide bonds. The molecular formula is C18H31N5O. The summed E-state index contributed by atoms with van der Waals surface area (Å²) in [6.45, 7) is 7.74. The highest BCUT2D eigenvalue weighted by Gasteiger charge is 2.28. The highest BCUT2D eigenvalue weighted by molar-refractivity contribution is 5.74. The molecule has 0 saturated heterocycles. The number of rotatable bonds is 4. The lowest BCUT2D eigenvalue weighted by molar-refractivity contribution is 0.163.